The molecule has 1 aromatic rings. The third-order valence-electron chi connectivity index (χ3n) is 4.01. The summed E-state index contributed by atoms with van der Waals surface area (Å²) < 4.78 is 27.1. The first kappa shape index (κ1) is 19.9. The van der Waals surface area contributed by atoms with Gasteiger partial charge in [-0.3, -0.25) is 9.59 Å². The molecule has 0 aromatic heterocycles. The molecular weight excluding hydrogens is 362 g/mol. The smallest absolute Gasteiger partial charge is 0.326 e. The van der Waals surface area contributed by atoms with Crippen LogP contribution >= 0.6 is 0 Å². The van der Waals surface area contributed by atoms with E-state index in [-0.39, 0.29) is 17.3 Å². The van der Waals surface area contributed by atoms with Crippen LogP contribution in [0.3, 0.4) is 0 Å². The van der Waals surface area contributed by atoms with E-state index in [4.69, 9.17) is 5.11 Å². The van der Waals surface area contributed by atoms with Crippen molar-refractivity contribution in [3.8, 4) is 0 Å². The minimum atomic E-state index is -3.97. The largest absolute Gasteiger partial charge is 0.480 e. The van der Waals surface area contributed by atoms with Gasteiger partial charge in [-0.1, -0.05) is 0 Å². The maximum atomic E-state index is 12.4. The Bertz CT molecular complexity index is 806. The Morgan fingerprint density at radius 3 is 2.38 bits per heavy atom. The van der Waals surface area contributed by atoms with Crippen molar-refractivity contribution in [3.63, 3.8) is 0 Å². The van der Waals surface area contributed by atoms with Crippen LogP contribution in [0.1, 0.15) is 26.7 Å². The van der Waals surface area contributed by atoms with Gasteiger partial charge < -0.3 is 15.3 Å². The molecule has 26 heavy (non-hydrogen) atoms. The van der Waals surface area contributed by atoms with Gasteiger partial charge in [0.05, 0.1) is 10.9 Å². The van der Waals surface area contributed by atoms with Crippen LogP contribution in [0.15, 0.2) is 29.2 Å². The highest BCUT2D eigenvalue weighted by Crippen LogP contribution is 2.19. The van der Waals surface area contributed by atoms with Gasteiger partial charge in [-0.2, -0.15) is 4.72 Å². The van der Waals surface area contributed by atoms with Crippen LogP contribution in [-0.2, 0) is 24.4 Å². The molecule has 0 aliphatic carbocycles. The zero-order chi connectivity index (χ0) is 19.5. The van der Waals surface area contributed by atoms with Crippen molar-refractivity contribution in [2.24, 2.45) is 0 Å². The van der Waals surface area contributed by atoms with Crippen LogP contribution in [0, 0.1) is 0 Å². The molecule has 0 spiro atoms. The Morgan fingerprint density at radius 2 is 1.85 bits per heavy atom. The first-order valence-electron chi connectivity index (χ1n) is 8.05. The molecule has 0 saturated carbocycles. The van der Waals surface area contributed by atoms with Crippen molar-refractivity contribution in [2.75, 3.05) is 11.9 Å². The first-order valence-corrected chi connectivity index (χ1v) is 9.53. The minimum Gasteiger partial charge on any atom is -0.480 e. The average molecular weight is 383 g/mol. The lowest BCUT2D eigenvalue weighted by molar-refractivity contribution is -0.148. The van der Waals surface area contributed by atoms with E-state index in [2.05, 4.69) is 10.0 Å². The number of nitrogens with zero attached hydrogens (tertiary/aromatic N) is 1. The van der Waals surface area contributed by atoms with Crippen LogP contribution in [0.4, 0.5) is 5.69 Å². The van der Waals surface area contributed by atoms with E-state index in [0.29, 0.717) is 18.5 Å². The molecular formula is C16H21N3O6S. The molecule has 9 nitrogen and oxygen atoms in total. The number of benzene rings is 1. The molecule has 2 atom stereocenters. The zero-order valence-electron chi connectivity index (χ0n) is 14.4. The maximum Gasteiger partial charge on any atom is 0.326 e. The number of hydrogen-bond donors (Lipinski definition) is 3. The first-order chi connectivity index (χ1) is 12.1. The molecule has 3 N–H and O–H groups in total. The third-order valence-corrected chi connectivity index (χ3v) is 5.56. The van der Waals surface area contributed by atoms with E-state index < -0.39 is 34.0 Å². The van der Waals surface area contributed by atoms with Gasteiger partial charge in [0.25, 0.3) is 0 Å². The number of carboxylic acids is 1. The maximum absolute atomic E-state index is 12.4. The standard InChI is InChI=1S/C16H21N3O6S/c1-10(15(21)19-9-3-4-14(19)16(22)23)18-26(24,25)13-7-5-12(6-8-13)17-11(2)20/h5-8,10,14,18H,3-4,9H2,1-2H3,(H,17,20)(H,22,23)/t10?,14-/m1/s1. The summed E-state index contributed by atoms with van der Waals surface area (Å²) in [4.78, 5) is 35.7. The molecule has 2 amide bonds. The molecule has 0 radical (unpaired) electrons. The number of hydrogen-bond acceptors (Lipinski definition) is 5. The molecule has 1 unspecified atom stereocenters. The number of anilines is 1. The van der Waals surface area contributed by atoms with Gasteiger partial charge in [0.15, 0.2) is 0 Å². The second kappa shape index (κ2) is 7.83. The van der Waals surface area contributed by atoms with E-state index in [9.17, 15) is 22.8 Å². The Hall–Kier alpha value is -2.46. The van der Waals surface area contributed by atoms with Gasteiger partial charge in [-0.25, -0.2) is 13.2 Å². The summed E-state index contributed by atoms with van der Waals surface area (Å²) in [7, 11) is -3.97. The van der Waals surface area contributed by atoms with Crippen molar-refractivity contribution >= 4 is 33.5 Å². The molecule has 142 valence electrons. The summed E-state index contributed by atoms with van der Waals surface area (Å²) in [5.41, 5.74) is 0.446. The van der Waals surface area contributed by atoms with Gasteiger partial charge >= 0.3 is 5.97 Å². The van der Waals surface area contributed by atoms with Crippen LogP contribution < -0.4 is 10.0 Å². The van der Waals surface area contributed by atoms with Gasteiger partial charge in [-0.05, 0) is 44.0 Å². The van der Waals surface area contributed by atoms with Gasteiger partial charge in [-0.15, -0.1) is 0 Å². The second-order valence-electron chi connectivity index (χ2n) is 6.08. The van der Waals surface area contributed by atoms with Crippen molar-refractivity contribution in [1.29, 1.82) is 0 Å². The molecule has 1 fully saturated rings. The number of carbonyl (C=O) groups is 3. The van der Waals surface area contributed by atoms with E-state index in [1.165, 1.54) is 43.0 Å². The van der Waals surface area contributed by atoms with E-state index in [1.54, 1.807) is 0 Å². The van der Waals surface area contributed by atoms with Crippen LogP contribution in [0.25, 0.3) is 0 Å². The van der Waals surface area contributed by atoms with Gasteiger partial charge in [0, 0.05) is 19.2 Å². The Balaban J connectivity index is 2.09. The molecule has 1 aliphatic rings. The predicted molar refractivity (Wildman–Crippen MR) is 92.9 cm³/mol. The molecule has 0 bridgehead atoms. The minimum absolute atomic E-state index is 0.0672. The van der Waals surface area contributed by atoms with Gasteiger partial charge in [0.2, 0.25) is 21.8 Å². The molecule has 1 aromatic carbocycles. The topological polar surface area (TPSA) is 133 Å². The third kappa shape index (κ3) is 4.58. The Labute approximate surface area is 151 Å². The molecule has 2 rings (SSSR count). The number of likely N-dealkylation sites (tertiary alicyclic amines) is 1. The Kier molecular flexibility index (Phi) is 5.98. The van der Waals surface area contributed by atoms with E-state index in [0.717, 1.165) is 0 Å². The van der Waals surface area contributed by atoms with E-state index >= 15 is 0 Å². The van der Waals surface area contributed by atoms with Crippen LogP contribution in [0.5, 0.6) is 0 Å². The van der Waals surface area contributed by atoms with Crippen molar-refractivity contribution in [1.82, 2.24) is 9.62 Å². The van der Waals surface area contributed by atoms with Crippen molar-refractivity contribution < 1.29 is 27.9 Å². The number of rotatable bonds is 6. The number of sulfonamides is 1. The summed E-state index contributed by atoms with van der Waals surface area (Å²) >= 11 is 0. The molecule has 1 aliphatic heterocycles. The Morgan fingerprint density at radius 1 is 1.23 bits per heavy atom. The second-order valence-corrected chi connectivity index (χ2v) is 7.79. The highest BCUT2D eigenvalue weighted by molar-refractivity contribution is 7.89. The monoisotopic (exact) mass is 383 g/mol. The summed E-state index contributed by atoms with van der Waals surface area (Å²) in [6, 6.07) is 3.45. The lowest BCUT2D eigenvalue weighted by Gasteiger charge is -2.25. The van der Waals surface area contributed by atoms with Crippen LogP contribution in [0.2, 0.25) is 0 Å². The average Bonchev–Trinajstić information content (AvgIpc) is 3.03. The van der Waals surface area contributed by atoms with E-state index in [1.807, 2.05) is 0 Å². The summed E-state index contributed by atoms with van der Waals surface area (Å²) in [6.45, 7) is 3.00. The zero-order valence-corrected chi connectivity index (χ0v) is 15.2. The number of carbonyl (C=O) groups excluding carboxylic acids is 2. The number of aliphatic carboxylic acids is 1. The molecule has 1 heterocycles. The van der Waals surface area contributed by atoms with Crippen LogP contribution in [-0.4, -0.2) is 54.8 Å². The fourth-order valence-corrected chi connectivity index (χ4v) is 4.00. The number of nitrogens with one attached hydrogen (secondary N) is 2. The fraction of sp³-hybridized carbons (Fsp3) is 0.438. The quantitative estimate of drug-likeness (QED) is 0.651. The summed E-state index contributed by atoms with van der Waals surface area (Å²) in [6.07, 6.45) is 0.915. The highest BCUT2D eigenvalue weighted by Gasteiger charge is 2.36. The molecule has 10 heteroatoms. The lowest BCUT2D eigenvalue weighted by atomic mass is 10.2. The lowest BCUT2D eigenvalue weighted by Crippen LogP contribution is -2.50. The molecule has 1 saturated heterocycles. The number of carboxylic acid groups (broad SMARTS) is 1. The normalized spacial score (nSPS) is 18.4. The van der Waals surface area contributed by atoms with Crippen molar-refractivity contribution in [3.05, 3.63) is 24.3 Å². The van der Waals surface area contributed by atoms with Gasteiger partial charge in [0.1, 0.15) is 6.04 Å². The van der Waals surface area contributed by atoms with Crippen molar-refractivity contribution in [2.45, 2.75) is 43.7 Å². The number of amides is 2. The summed E-state index contributed by atoms with van der Waals surface area (Å²) in [5, 5.41) is 11.7. The predicted octanol–water partition coefficient (Wildman–Crippen LogP) is 0.387. The SMILES string of the molecule is CC(=O)Nc1ccc(S(=O)(=O)NC(C)C(=O)N2CCC[C@@H]2C(=O)O)cc1. The fourth-order valence-electron chi connectivity index (χ4n) is 2.81. The summed E-state index contributed by atoms with van der Waals surface area (Å²) in [5.74, 6) is -1.95. The highest BCUT2D eigenvalue weighted by atomic mass is 32.2.